The Labute approximate surface area is 152 Å². The predicted molar refractivity (Wildman–Crippen MR) is 99.8 cm³/mol. The van der Waals surface area contributed by atoms with Crippen LogP contribution in [-0.4, -0.2) is 54.4 Å². The van der Waals surface area contributed by atoms with Gasteiger partial charge >= 0.3 is 0 Å². The number of carbonyl (C=O) groups excluding carboxylic acids is 1. The van der Waals surface area contributed by atoms with Crippen LogP contribution in [0.5, 0.6) is 0 Å². The van der Waals surface area contributed by atoms with Gasteiger partial charge in [0, 0.05) is 32.4 Å². The molecule has 1 aromatic heterocycles. The Hall–Kier alpha value is -1.89. The Balaban J connectivity index is 1.52. The number of thioether (sulfide) groups is 1. The number of carbonyl (C=O) groups is 1. The summed E-state index contributed by atoms with van der Waals surface area (Å²) in [6.45, 7) is 3.84. The maximum atomic E-state index is 12.4. The van der Waals surface area contributed by atoms with Gasteiger partial charge in [0.25, 0.3) is 5.91 Å². The van der Waals surface area contributed by atoms with E-state index in [0.29, 0.717) is 18.7 Å². The van der Waals surface area contributed by atoms with Gasteiger partial charge in [0.05, 0.1) is 18.3 Å². The van der Waals surface area contributed by atoms with Gasteiger partial charge in [0.2, 0.25) is 0 Å². The smallest absolute Gasteiger partial charge is 0.254 e. The zero-order valence-corrected chi connectivity index (χ0v) is 15.2. The molecule has 2 heterocycles. The first-order valence-electron chi connectivity index (χ1n) is 8.41. The molecule has 1 saturated heterocycles. The topological polar surface area (TPSA) is 54.5 Å². The third-order valence-electron chi connectivity index (χ3n) is 4.17. The number of hydrogen-bond acceptors (Lipinski definition) is 5. The minimum Gasteiger partial charge on any atom is -0.374 e. The Morgan fingerprint density at radius 3 is 2.96 bits per heavy atom. The maximum Gasteiger partial charge on any atom is 0.254 e. The van der Waals surface area contributed by atoms with Gasteiger partial charge in [0.1, 0.15) is 5.03 Å². The SMILES string of the molecule is CSc1ncccc1C(=O)NC[C@@H]1CN(Cc2ccccc2)CCO1. The first kappa shape index (κ1) is 17.9. The zero-order chi connectivity index (χ0) is 17.5. The fourth-order valence-electron chi connectivity index (χ4n) is 2.92. The molecule has 0 bridgehead atoms. The monoisotopic (exact) mass is 357 g/mol. The van der Waals surface area contributed by atoms with Gasteiger partial charge in [-0.25, -0.2) is 4.98 Å². The van der Waals surface area contributed by atoms with E-state index in [1.165, 1.54) is 17.3 Å². The Morgan fingerprint density at radius 1 is 1.32 bits per heavy atom. The van der Waals surface area contributed by atoms with E-state index < -0.39 is 0 Å². The summed E-state index contributed by atoms with van der Waals surface area (Å²) in [4.78, 5) is 19.0. The highest BCUT2D eigenvalue weighted by molar-refractivity contribution is 7.98. The first-order valence-corrected chi connectivity index (χ1v) is 9.64. The van der Waals surface area contributed by atoms with E-state index in [0.717, 1.165) is 24.7 Å². The lowest BCUT2D eigenvalue weighted by Gasteiger charge is -2.33. The molecule has 2 aromatic rings. The number of ether oxygens (including phenoxy) is 1. The van der Waals surface area contributed by atoms with Gasteiger partial charge < -0.3 is 10.1 Å². The standard InChI is InChI=1S/C19H23N3O2S/c1-25-19-17(8-5-9-20-19)18(23)21-12-16-14-22(10-11-24-16)13-15-6-3-2-4-7-15/h2-9,16H,10-14H2,1H3,(H,21,23)/t16-/m1/s1. The fourth-order valence-corrected chi connectivity index (χ4v) is 3.46. The normalized spacial score (nSPS) is 18.0. The molecule has 1 aromatic carbocycles. The molecule has 0 aliphatic carbocycles. The summed E-state index contributed by atoms with van der Waals surface area (Å²) in [7, 11) is 0. The van der Waals surface area contributed by atoms with Gasteiger partial charge in [-0.1, -0.05) is 30.3 Å². The van der Waals surface area contributed by atoms with Crippen molar-refractivity contribution >= 4 is 17.7 Å². The van der Waals surface area contributed by atoms with Crippen molar-refractivity contribution in [1.29, 1.82) is 0 Å². The van der Waals surface area contributed by atoms with Crippen LogP contribution in [0, 0.1) is 0 Å². The number of amides is 1. The van der Waals surface area contributed by atoms with Gasteiger partial charge in [-0.05, 0) is 24.0 Å². The molecule has 0 radical (unpaired) electrons. The summed E-state index contributed by atoms with van der Waals surface area (Å²) >= 11 is 1.48. The Bertz CT molecular complexity index is 696. The average Bonchev–Trinajstić information content (AvgIpc) is 2.67. The van der Waals surface area contributed by atoms with Gasteiger partial charge in [-0.15, -0.1) is 11.8 Å². The van der Waals surface area contributed by atoms with Crippen molar-refractivity contribution in [3.05, 3.63) is 59.8 Å². The van der Waals surface area contributed by atoms with Crippen molar-refractivity contribution in [3.8, 4) is 0 Å². The lowest BCUT2D eigenvalue weighted by Crippen LogP contribution is -2.47. The molecule has 1 fully saturated rings. The minimum atomic E-state index is -0.0961. The highest BCUT2D eigenvalue weighted by Gasteiger charge is 2.21. The molecule has 0 saturated carbocycles. The lowest BCUT2D eigenvalue weighted by molar-refractivity contribution is -0.0292. The molecule has 6 heteroatoms. The third-order valence-corrected chi connectivity index (χ3v) is 4.88. The zero-order valence-electron chi connectivity index (χ0n) is 14.4. The molecule has 0 unspecified atom stereocenters. The number of nitrogens with one attached hydrogen (secondary N) is 1. The van der Waals surface area contributed by atoms with Crippen LogP contribution in [0.4, 0.5) is 0 Å². The van der Waals surface area contributed by atoms with E-state index in [1.807, 2.05) is 12.3 Å². The van der Waals surface area contributed by atoms with Gasteiger partial charge in [0.15, 0.2) is 0 Å². The van der Waals surface area contributed by atoms with Crippen molar-refractivity contribution in [3.63, 3.8) is 0 Å². The molecule has 3 rings (SSSR count). The van der Waals surface area contributed by atoms with Crippen molar-refractivity contribution < 1.29 is 9.53 Å². The minimum absolute atomic E-state index is 0.0100. The summed E-state index contributed by atoms with van der Waals surface area (Å²) in [6, 6.07) is 14.0. The average molecular weight is 357 g/mol. The van der Waals surface area contributed by atoms with E-state index in [-0.39, 0.29) is 12.0 Å². The second-order valence-corrected chi connectivity index (χ2v) is 6.78. The second-order valence-electron chi connectivity index (χ2n) is 5.98. The van der Waals surface area contributed by atoms with Crippen molar-refractivity contribution in [2.24, 2.45) is 0 Å². The highest BCUT2D eigenvalue weighted by Crippen LogP contribution is 2.16. The molecule has 1 atom stereocenters. The van der Waals surface area contributed by atoms with Crippen LogP contribution in [-0.2, 0) is 11.3 Å². The molecule has 0 spiro atoms. The van der Waals surface area contributed by atoms with Crippen molar-refractivity contribution in [2.45, 2.75) is 17.7 Å². The summed E-state index contributed by atoms with van der Waals surface area (Å²) in [6.07, 6.45) is 3.63. The van der Waals surface area contributed by atoms with Crippen molar-refractivity contribution in [2.75, 3.05) is 32.5 Å². The third kappa shape index (κ3) is 5.04. The lowest BCUT2D eigenvalue weighted by atomic mass is 10.2. The van der Waals surface area contributed by atoms with E-state index in [1.54, 1.807) is 18.3 Å². The largest absolute Gasteiger partial charge is 0.374 e. The van der Waals surface area contributed by atoms with E-state index in [2.05, 4.69) is 39.5 Å². The molecule has 1 aliphatic rings. The van der Waals surface area contributed by atoms with Crippen LogP contribution >= 0.6 is 11.8 Å². The number of rotatable bonds is 6. The first-order chi connectivity index (χ1) is 12.3. The Morgan fingerprint density at radius 2 is 2.16 bits per heavy atom. The van der Waals surface area contributed by atoms with Crippen LogP contribution < -0.4 is 5.32 Å². The van der Waals surface area contributed by atoms with Gasteiger partial charge in [-0.3, -0.25) is 9.69 Å². The molecule has 1 aliphatic heterocycles. The number of benzene rings is 1. The van der Waals surface area contributed by atoms with Crippen LogP contribution in [0.1, 0.15) is 15.9 Å². The molecule has 5 nitrogen and oxygen atoms in total. The van der Waals surface area contributed by atoms with Crippen LogP contribution in [0.3, 0.4) is 0 Å². The van der Waals surface area contributed by atoms with Crippen LogP contribution in [0.2, 0.25) is 0 Å². The van der Waals surface area contributed by atoms with Crippen LogP contribution in [0.15, 0.2) is 53.7 Å². The summed E-state index contributed by atoms with van der Waals surface area (Å²) < 4.78 is 5.81. The summed E-state index contributed by atoms with van der Waals surface area (Å²) in [5, 5.41) is 3.73. The fraction of sp³-hybridized carbons (Fsp3) is 0.368. The number of morpholine rings is 1. The van der Waals surface area contributed by atoms with E-state index >= 15 is 0 Å². The summed E-state index contributed by atoms with van der Waals surface area (Å²) in [5.74, 6) is -0.0961. The molecule has 1 amide bonds. The molecular formula is C19H23N3O2S. The molecule has 1 N–H and O–H groups in total. The molecule has 132 valence electrons. The number of aromatic nitrogens is 1. The highest BCUT2D eigenvalue weighted by atomic mass is 32.2. The van der Waals surface area contributed by atoms with E-state index in [4.69, 9.17) is 4.74 Å². The second kappa shape index (κ2) is 8.99. The quantitative estimate of drug-likeness (QED) is 0.805. The predicted octanol–water partition coefficient (Wildman–Crippen LogP) is 2.43. The summed E-state index contributed by atoms with van der Waals surface area (Å²) in [5.41, 5.74) is 1.92. The number of hydrogen-bond donors (Lipinski definition) is 1. The Kier molecular flexibility index (Phi) is 6.44. The van der Waals surface area contributed by atoms with E-state index in [9.17, 15) is 4.79 Å². The van der Waals surface area contributed by atoms with Crippen LogP contribution in [0.25, 0.3) is 0 Å². The number of nitrogens with zero attached hydrogens (tertiary/aromatic N) is 2. The van der Waals surface area contributed by atoms with Crippen molar-refractivity contribution in [1.82, 2.24) is 15.2 Å². The molecule has 25 heavy (non-hydrogen) atoms. The molecular weight excluding hydrogens is 334 g/mol. The number of pyridine rings is 1. The maximum absolute atomic E-state index is 12.4. The van der Waals surface area contributed by atoms with Gasteiger partial charge in [-0.2, -0.15) is 0 Å².